The molecular formula is C26H20Br2N2O4. The van der Waals surface area contributed by atoms with Crippen LogP contribution < -0.4 is 15.0 Å². The fourth-order valence-electron chi connectivity index (χ4n) is 3.50. The minimum Gasteiger partial charge on any atom is -0.488 e. The Labute approximate surface area is 213 Å². The summed E-state index contributed by atoms with van der Waals surface area (Å²) in [5, 5.41) is 2.27. The molecule has 0 spiro atoms. The number of hydrogen-bond acceptors (Lipinski definition) is 4. The Bertz CT molecular complexity index is 1330. The van der Waals surface area contributed by atoms with Gasteiger partial charge < -0.3 is 4.74 Å². The number of carbonyl (C=O) groups excluding carboxylic acids is 3. The summed E-state index contributed by atoms with van der Waals surface area (Å²) in [6.07, 6.45) is 1.45. The molecule has 1 heterocycles. The molecule has 34 heavy (non-hydrogen) atoms. The van der Waals surface area contributed by atoms with Crippen LogP contribution in [-0.2, 0) is 16.2 Å². The number of halogens is 2. The first kappa shape index (κ1) is 23.9. The highest BCUT2D eigenvalue weighted by Gasteiger charge is 2.37. The molecule has 0 saturated carbocycles. The van der Waals surface area contributed by atoms with Gasteiger partial charge in [0.1, 0.15) is 17.9 Å². The largest absolute Gasteiger partial charge is 0.488 e. The molecule has 3 aromatic rings. The number of nitrogens with zero attached hydrogens (tertiary/aromatic N) is 1. The van der Waals surface area contributed by atoms with E-state index in [2.05, 4.69) is 37.2 Å². The Morgan fingerprint density at radius 1 is 0.912 bits per heavy atom. The lowest BCUT2D eigenvalue weighted by Crippen LogP contribution is -2.54. The van der Waals surface area contributed by atoms with Gasteiger partial charge in [-0.25, -0.2) is 9.69 Å². The van der Waals surface area contributed by atoms with E-state index < -0.39 is 17.8 Å². The van der Waals surface area contributed by atoms with Crippen LogP contribution in [-0.4, -0.2) is 17.8 Å². The second-order valence-corrected chi connectivity index (χ2v) is 9.68. The molecule has 1 N–H and O–H groups in total. The van der Waals surface area contributed by atoms with Gasteiger partial charge in [-0.05, 0) is 73.0 Å². The molecular weight excluding hydrogens is 564 g/mol. The van der Waals surface area contributed by atoms with Crippen LogP contribution in [0.2, 0.25) is 0 Å². The van der Waals surface area contributed by atoms with E-state index in [4.69, 9.17) is 4.74 Å². The zero-order chi connectivity index (χ0) is 24.4. The van der Waals surface area contributed by atoms with E-state index in [9.17, 15) is 14.4 Å². The first-order chi connectivity index (χ1) is 16.2. The number of carbonyl (C=O) groups is 3. The van der Waals surface area contributed by atoms with Crippen LogP contribution in [0.3, 0.4) is 0 Å². The van der Waals surface area contributed by atoms with Gasteiger partial charge in [-0.2, -0.15) is 0 Å². The van der Waals surface area contributed by atoms with Crippen molar-refractivity contribution in [2.24, 2.45) is 0 Å². The fourth-order valence-corrected chi connectivity index (χ4v) is 4.14. The van der Waals surface area contributed by atoms with E-state index in [1.165, 1.54) is 6.08 Å². The van der Waals surface area contributed by atoms with Gasteiger partial charge in [-0.1, -0.05) is 56.1 Å². The van der Waals surface area contributed by atoms with Gasteiger partial charge in [-0.3, -0.25) is 14.9 Å². The van der Waals surface area contributed by atoms with Crippen LogP contribution in [0, 0.1) is 13.8 Å². The van der Waals surface area contributed by atoms with Gasteiger partial charge >= 0.3 is 6.03 Å². The maximum absolute atomic E-state index is 13.3. The van der Waals surface area contributed by atoms with Crippen molar-refractivity contribution in [3.63, 3.8) is 0 Å². The van der Waals surface area contributed by atoms with Crippen molar-refractivity contribution in [1.29, 1.82) is 0 Å². The summed E-state index contributed by atoms with van der Waals surface area (Å²) < 4.78 is 7.71. The van der Waals surface area contributed by atoms with Gasteiger partial charge in [0.05, 0.1) is 5.69 Å². The highest BCUT2D eigenvalue weighted by atomic mass is 79.9. The zero-order valence-electron chi connectivity index (χ0n) is 18.4. The van der Waals surface area contributed by atoms with Crippen molar-refractivity contribution in [3.8, 4) is 5.75 Å². The fraction of sp³-hybridized carbons (Fsp3) is 0.115. The molecule has 172 valence electrons. The minimum atomic E-state index is -0.776. The molecule has 0 radical (unpaired) electrons. The molecule has 8 heteroatoms. The maximum Gasteiger partial charge on any atom is 0.335 e. The first-order valence-electron chi connectivity index (χ1n) is 10.4. The molecule has 0 bridgehead atoms. The van der Waals surface area contributed by atoms with Crippen molar-refractivity contribution in [2.45, 2.75) is 20.5 Å². The Kier molecular flexibility index (Phi) is 7.00. The van der Waals surface area contributed by atoms with Crippen LogP contribution in [0.15, 0.2) is 75.2 Å². The first-order valence-corrected chi connectivity index (χ1v) is 12.0. The minimum absolute atomic E-state index is 0.160. The van der Waals surface area contributed by atoms with E-state index in [1.54, 1.807) is 25.1 Å². The lowest BCUT2D eigenvalue weighted by Gasteiger charge is -2.28. The molecule has 0 aliphatic carbocycles. The topological polar surface area (TPSA) is 75.7 Å². The SMILES string of the molecule is Cc1ccc(C)c(N2C(=O)NC(=O)/C(=C\c3cc(Br)ccc3OCc3ccc(Br)cc3)C2=O)c1. The summed E-state index contributed by atoms with van der Waals surface area (Å²) in [5.74, 6) is -0.953. The molecule has 6 nitrogen and oxygen atoms in total. The number of nitrogens with one attached hydrogen (secondary N) is 1. The third-order valence-corrected chi connectivity index (χ3v) is 6.31. The second-order valence-electron chi connectivity index (χ2n) is 7.85. The zero-order valence-corrected chi connectivity index (χ0v) is 21.6. The molecule has 1 aliphatic rings. The predicted molar refractivity (Wildman–Crippen MR) is 138 cm³/mol. The number of aryl methyl sites for hydroxylation is 2. The number of urea groups is 1. The normalized spacial score (nSPS) is 15.0. The van der Waals surface area contributed by atoms with E-state index in [0.29, 0.717) is 23.6 Å². The number of amides is 4. The Morgan fingerprint density at radius 3 is 2.35 bits per heavy atom. The summed E-state index contributed by atoms with van der Waals surface area (Å²) in [6, 6.07) is 17.7. The number of anilines is 1. The molecule has 4 rings (SSSR count). The van der Waals surface area contributed by atoms with Gasteiger partial charge in [0.25, 0.3) is 11.8 Å². The van der Waals surface area contributed by atoms with Gasteiger partial charge in [0.2, 0.25) is 0 Å². The lowest BCUT2D eigenvalue weighted by atomic mass is 10.0. The highest BCUT2D eigenvalue weighted by Crippen LogP contribution is 2.30. The van der Waals surface area contributed by atoms with E-state index in [0.717, 1.165) is 30.5 Å². The summed E-state index contributed by atoms with van der Waals surface area (Å²) in [4.78, 5) is 39.6. The van der Waals surface area contributed by atoms with Crippen LogP contribution in [0.4, 0.5) is 10.5 Å². The molecule has 0 aromatic heterocycles. The standard InChI is InChI=1S/C26H20Br2N2O4/c1-15-3-4-16(2)22(11-15)30-25(32)21(24(31)29-26(30)33)13-18-12-20(28)9-10-23(18)34-14-17-5-7-19(27)8-6-17/h3-13H,14H2,1-2H3,(H,29,31,33)/b21-13+. The van der Waals surface area contributed by atoms with Gasteiger partial charge in [0, 0.05) is 14.5 Å². The average molecular weight is 584 g/mol. The number of benzene rings is 3. The van der Waals surface area contributed by atoms with Gasteiger partial charge in [0.15, 0.2) is 0 Å². The third kappa shape index (κ3) is 5.13. The summed E-state index contributed by atoms with van der Waals surface area (Å²) in [5.41, 5.74) is 3.39. The van der Waals surface area contributed by atoms with Crippen LogP contribution in [0.5, 0.6) is 5.75 Å². The van der Waals surface area contributed by atoms with Gasteiger partial charge in [-0.15, -0.1) is 0 Å². The highest BCUT2D eigenvalue weighted by molar-refractivity contribution is 9.10. The Balaban J connectivity index is 1.69. The monoisotopic (exact) mass is 582 g/mol. The molecule has 1 fully saturated rings. The Morgan fingerprint density at radius 2 is 1.62 bits per heavy atom. The average Bonchev–Trinajstić information content (AvgIpc) is 2.79. The summed E-state index contributed by atoms with van der Waals surface area (Å²) >= 11 is 6.84. The van der Waals surface area contributed by atoms with E-state index >= 15 is 0 Å². The second kappa shape index (κ2) is 9.95. The number of ether oxygens (including phenoxy) is 1. The van der Waals surface area contributed by atoms with Crippen molar-refractivity contribution in [3.05, 3.63) is 97.4 Å². The summed E-state index contributed by atoms with van der Waals surface area (Å²) in [7, 11) is 0. The number of imide groups is 2. The molecule has 1 saturated heterocycles. The van der Waals surface area contributed by atoms with Crippen molar-refractivity contribution in [2.75, 3.05) is 4.90 Å². The van der Waals surface area contributed by atoms with E-state index in [-0.39, 0.29) is 5.57 Å². The summed E-state index contributed by atoms with van der Waals surface area (Å²) in [6.45, 7) is 3.98. The number of hydrogen-bond donors (Lipinski definition) is 1. The van der Waals surface area contributed by atoms with Crippen molar-refractivity contribution in [1.82, 2.24) is 5.32 Å². The van der Waals surface area contributed by atoms with Crippen LogP contribution >= 0.6 is 31.9 Å². The van der Waals surface area contributed by atoms with E-state index in [1.807, 2.05) is 49.4 Å². The Hall–Kier alpha value is -3.23. The maximum atomic E-state index is 13.3. The number of rotatable bonds is 5. The quantitative estimate of drug-likeness (QED) is 0.292. The molecule has 4 amide bonds. The molecule has 3 aromatic carbocycles. The van der Waals surface area contributed by atoms with Crippen LogP contribution in [0.25, 0.3) is 6.08 Å². The number of barbiturate groups is 1. The molecule has 1 aliphatic heterocycles. The van der Waals surface area contributed by atoms with Crippen molar-refractivity contribution >= 4 is 61.5 Å². The lowest BCUT2D eigenvalue weighted by molar-refractivity contribution is -0.122. The smallest absolute Gasteiger partial charge is 0.335 e. The predicted octanol–water partition coefficient (Wildman–Crippen LogP) is 6.07. The third-order valence-electron chi connectivity index (χ3n) is 5.29. The van der Waals surface area contributed by atoms with Crippen LogP contribution in [0.1, 0.15) is 22.3 Å². The molecule has 0 unspecified atom stereocenters. The molecule has 0 atom stereocenters. The van der Waals surface area contributed by atoms with Crippen molar-refractivity contribution < 1.29 is 19.1 Å².